The minimum atomic E-state index is 0.670. The second-order valence-corrected chi connectivity index (χ2v) is 3.56. The number of nitrogens with one attached hydrogen (secondary N) is 1. The van der Waals surface area contributed by atoms with Gasteiger partial charge in [0.1, 0.15) is 0 Å². The molecule has 1 N–H and O–H groups in total. The van der Waals surface area contributed by atoms with Crippen molar-refractivity contribution in [3.63, 3.8) is 0 Å². The van der Waals surface area contributed by atoms with Crippen molar-refractivity contribution in [1.29, 1.82) is 0 Å². The Labute approximate surface area is 88.7 Å². The summed E-state index contributed by atoms with van der Waals surface area (Å²) >= 11 is 0. The molecule has 0 aliphatic carbocycles. The number of fused-ring (bicyclic) bond motifs is 1. The molecule has 0 fully saturated rings. The van der Waals surface area contributed by atoms with E-state index < -0.39 is 0 Å². The van der Waals surface area contributed by atoms with Crippen LogP contribution in [0, 0.1) is 6.92 Å². The summed E-state index contributed by atoms with van der Waals surface area (Å²) in [5.41, 5.74) is 2.42. The van der Waals surface area contributed by atoms with Gasteiger partial charge in [0.15, 0.2) is 11.2 Å². The van der Waals surface area contributed by atoms with E-state index in [1.54, 1.807) is 0 Å². The highest BCUT2D eigenvalue weighted by Gasteiger charge is 2.05. The van der Waals surface area contributed by atoms with E-state index in [4.69, 9.17) is 4.42 Å². The van der Waals surface area contributed by atoms with Crippen molar-refractivity contribution >= 4 is 11.2 Å². The summed E-state index contributed by atoms with van der Waals surface area (Å²) in [5.74, 6) is 0.705. The highest BCUT2D eigenvalue weighted by atomic mass is 16.3. The maximum atomic E-state index is 5.53. The number of pyridine rings is 1. The molecule has 0 unspecified atom stereocenters. The molecule has 15 heavy (non-hydrogen) atoms. The molecule has 2 aromatic heterocycles. The van der Waals surface area contributed by atoms with Gasteiger partial charge < -0.3 is 9.73 Å². The number of nitrogens with zero attached hydrogens (tertiary/aromatic N) is 2. The fourth-order valence-electron chi connectivity index (χ4n) is 1.41. The molecule has 0 aromatic carbocycles. The van der Waals surface area contributed by atoms with Crippen molar-refractivity contribution < 1.29 is 4.42 Å². The van der Waals surface area contributed by atoms with Crippen LogP contribution in [0.3, 0.4) is 0 Å². The van der Waals surface area contributed by atoms with E-state index in [9.17, 15) is 0 Å². The second kappa shape index (κ2) is 4.40. The van der Waals surface area contributed by atoms with Gasteiger partial charge >= 0.3 is 0 Å². The Morgan fingerprint density at radius 2 is 2.20 bits per heavy atom. The fourth-order valence-corrected chi connectivity index (χ4v) is 1.41. The molecule has 0 spiro atoms. The topological polar surface area (TPSA) is 51.0 Å². The Kier molecular flexibility index (Phi) is 2.97. The Morgan fingerprint density at radius 3 is 3.00 bits per heavy atom. The van der Waals surface area contributed by atoms with Crippen LogP contribution in [0.4, 0.5) is 0 Å². The molecule has 0 amide bonds. The third kappa shape index (κ3) is 2.33. The molecule has 4 heteroatoms. The first kappa shape index (κ1) is 10.1. The molecule has 80 valence electrons. The number of hydrogen-bond donors (Lipinski definition) is 1. The van der Waals surface area contributed by atoms with Crippen LogP contribution in [-0.2, 0) is 6.54 Å². The van der Waals surface area contributed by atoms with Crippen molar-refractivity contribution in [3.8, 4) is 0 Å². The summed E-state index contributed by atoms with van der Waals surface area (Å²) in [4.78, 5) is 8.60. The lowest BCUT2D eigenvalue weighted by Gasteiger charge is -1.96. The van der Waals surface area contributed by atoms with Gasteiger partial charge in [-0.1, -0.05) is 6.92 Å². The van der Waals surface area contributed by atoms with Crippen LogP contribution in [0.15, 0.2) is 16.5 Å². The van der Waals surface area contributed by atoms with Crippen LogP contribution in [0.5, 0.6) is 0 Å². The van der Waals surface area contributed by atoms with Crippen molar-refractivity contribution in [3.05, 3.63) is 23.7 Å². The lowest BCUT2D eigenvalue weighted by atomic mass is 10.4. The monoisotopic (exact) mass is 205 g/mol. The smallest absolute Gasteiger partial charge is 0.211 e. The third-order valence-corrected chi connectivity index (χ3v) is 2.14. The number of hydrogen-bond acceptors (Lipinski definition) is 4. The lowest BCUT2D eigenvalue weighted by Crippen LogP contribution is -2.13. The highest BCUT2D eigenvalue weighted by Crippen LogP contribution is 2.13. The van der Waals surface area contributed by atoms with Gasteiger partial charge in [0.2, 0.25) is 5.89 Å². The average Bonchev–Trinajstić information content (AvgIpc) is 2.60. The van der Waals surface area contributed by atoms with Crippen LogP contribution < -0.4 is 5.32 Å². The molecular weight excluding hydrogens is 190 g/mol. The Hall–Kier alpha value is -1.42. The van der Waals surface area contributed by atoms with Gasteiger partial charge in [-0.05, 0) is 32.0 Å². The van der Waals surface area contributed by atoms with E-state index in [0.717, 1.165) is 24.2 Å². The van der Waals surface area contributed by atoms with E-state index in [1.165, 1.54) is 0 Å². The first-order chi connectivity index (χ1) is 7.29. The van der Waals surface area contributed by atoms with Crippen molar-refractivity contribution in [2.45, 2.75) is 26.8 Å². The predicted octanol–water partition coefficient (Wildman–Crippen LogP) is 2.03. The normalized spacial score (nSPS) is 11.1. The molecule has 0 bridgehead atoms. The van der Waals surface area contributed by atoms with Gasteiger partial charge in [0, 0.05) is 5.69 Å². The highest BCUT2D eigenvalue weighted by molar-refractivity contribution is 5.67. The van der Waals surface area contributed by atoms with E-state index >= 15 is 0 Å². The molecule has 0 aliphatic heterocycles. The summed E-state index contributed by atoms with van der Waals surface area (Å²) < 4.78 is 5.53. The van der Waals surface area contributed by atoms with E-state index in [1.807, 2.05) is 19.1 Å². The van der Waals surface area contributed by atoms with Gasteiger partial charge in [-0.3, -0.25) is 0 Å². The molecule has 0 saturated carbocycles. The van der Waals surface area contributed by atoms with Gasteiger partial charge in [-0.2, -0.15) is 4.98 Å². The zero-order valence-electron chi connectivity index (χ0n) is 9.08. The van der Waals surface area contributed by atoms with Gasteiger partial charge in [-0.25, -0.2) is 4.98 Å². The maximum Gasteiger partial charge on any atom is 0.211 e. The molecule has 0 aliphatic rings. The quantitative estimate of drug-likeness (QED) is 0.776. The molecular formula is C11H15N3O. The van der Waals surface area contributed by atoms with Crippen LogP contribution in [-0.4, -0.2) is 16.5 Å². The van der Waals surface area contributed by atoms with Crippen LogP contribution in [0.25, 0.3) is 11.2 Å². The van der Waals surface area contributed by atoms with Crippen molar-refractivity contribution in [2.24, 2.45) is 0 Å². The molecule has 0 atom stereocenters. The standard InChI is InChI=1S/C11H15N3O/c1-3-6-12-7-10-14-11-9(15-10)5-4-8(2)13-11/h4-5,12H,3,6-7H2,1-2H3. The van der Waals surface area contributed by atoms with Crippen molar-refractivity contribution in [2.75, 3.05) is 6.54 Å². The molecule has 2 aromatic rings. The van der Waals surface area contributed by atoms with Crippen LogP contribution in [0.1, 0.15) is 24.9 Å². The van der Waals surface area contributed by atoms with E-state index in [2.05, 4.69) is 22.2 Å². The third-order valence-electron chi connectivity index (χ3n) is 2.14. The van der Waals surface area contributed by atoms with Gasteiger partial charge in [-0.15, -0.1) is 0 Å². The maximum absolute atomic E-state index is 5.53. The Balaban J connectivity index is 2.16. The minimum absolute atomic E-state index is 0.670. The molecule has 2 rings (SSSR count). The zero-order valence-corrected chi connectivity index (χ0v) is 9.08. The van der Waals surface area contributed by atoms with E-state index in [-0.39, 0.29) is 0 Å². The van der Waals surface area contributed by atoms with Gasteiger partial charge in [0.05, 0.1) is 6.54 Å². The number of rotatable bonds is 4. The minimum Gasteiger partial charge on any atom is -0.438 e. The largest absolute Gasteiger partial charge is 0.438 e. The molecule has 2 heterocycles. The SMILES string of the molecule is CCCNCc1nc2nc(C)ccc2o1. The van der Waals surface area contributed by atoms with E-state index in [0.29, 0.717) is 18.1 Å². The number of aryl methyl sites for hydroxylation is 1. The summed E-state index contributed by atoms with van der Waals surface area (Å²) in [5, 5.41) is 3.24. The number of aromatic nitrogens is 2. The summed E-state index contributed by atoms with van der Waals surface area (Å²) in [7, 11) is 0. The molecule has 0 saturated heterocycles. The van der Waals surface area contributed by atoms with Gasteiger partial charge in [0.25, 0.3) is 0 Å². The average molecular weight is 205 g/mol. The lowest BCUT2D eigenvalue weighted by molar-refractivity contribution is 0.495. The fraction of sp³-hybridized carbons (Fsp3) is 0.455. The number of oxazole rings is 1. The molecule has 4 nitrogen and oxygen atoms in total. The van der Waals surface area contributed by atoms with Crippen LogP contribution >= 0.6 is 0 Å². The second-order valence-electron chi connectivity index (χ2n) is 3.56. The summed E-state index contributed by atoms with van der Waals surface area (Å²) in [6.07, 6.45) is 1.11. The van der Waals surface area contributed by atoms with Crippen LogP contribution in [0.2, 0.25) is 0 Å². The summed E-state index contributed by atoms with van der Waals surface area (Å²) in [6.45, 7) is 5.72. The Bertz CT molecular complexity index is 450. The first-order valence-electron chi connectivity index (χ1n) is 5.23. The summed E-state index contributed by atoms with van der Waals surface area (Å²) in [6, 6.07) is 3.84. The molecule has 0 radical (unpaired) electrons. The predicted molar refractivity (Wildman–Crippen MR) is 58.5 cm³/mol. The first-order valence-corrected chi connectivity index (χ1v) is 5.23. The van der Waals surface area contributed by atoms with Crippen molar-refractivity contribution in [1.82, 2.24) is 15.3 Å². The Morgan fingerprint density at radius 1 is 1.33 bits per heavy atom. The zero-order chi connectivity index (χ0) is 10.7.